The van der Waals surface area contributed by atoms with Gasteiger partial charge in [-0.25, -0.2) is 0 Å². The van der Waals surface area contributed by atoms with Crippen LogP contribution in [0.25, 0.3) is 10.9 Å². The van der Waals surface area contributed by atoms with Gasteiger partial charge in [0.25, 0.3) is 5.69 Å². The summed E-state index contributed by atoms with van der Waals surface area (Å²) in [5.41, 5.74) is -0.224. The summed E-state index contributed by atoms with van der Waals surface area (Å²) in [5.74, 6) is -0.839. The van der Waals surface area contributed by atoms with Gasteiger partial charge in [-0.1, -0.05) is 0 Å². The molecule has 0 amide bonds. The summed E-state index contributed by atoms with van der Waals surface area (Å²) < 4.78 is 6.55. The van der Waals surface area contributed by atoms with E-state index in [0.717, 1.165) is 0 Å². The topological polar surface area (TPSA) is 104 Å². The zero-order chi connectivity index (χ0) is 17.4. The molecule has 0 aliphatic heterocycles. The van der Waals surface area contributed by atoms with E-state index in [-0.39, 0.29) is 23.7 Å². The number of nitrogens with zero attached hydrogens (tertiary/aromatic N) is 3. The lowest BCUT2D eigenvalue weighted by molar-refractivity contribution is -0.384. The van der Waals surface area contributed by atoms with Gasteiger partial charge in [0, 0.05) is 24.4 Å². The molecule has 0 unspecified atom stereocenters. The summed E-state index contributed by atoms with van der Waals surface area (Å²) >= 11 is 0. The molecule has 0 saturated carbocycles. The number of ketones is 1. The molecule has 8 heteroatoms. The lowest BCUT2D eigenvalue weighted by Gasteiger charge is -2.19. The van der Waals surface area contributed by atoms with Crippen LogP contribution in [0.15, 0.2) is 18.2 Å². The van der Waals surface area contributed by atoms with Crippen LogP contribution in [-0.2, 0) is 16.1 Å². The Kier molecular flexibility index (Phi) is 4.18. The molecule has 1 aromatic carbocycles. The fourth-order valence-corrected chi connectivity index (χ4v) is 2.16. The molecule has 2 rings (SSSR count). The van der Waals surface area contributed by atoms with Gasteiger partial charge < -0.3 is 4.74 Å². The molecule has 0 saturated heterocycles. The van der Waals surface area contributed by atoms with Gasteiger partial charge in [-0.2, -0.15) is 5.10 Å². The van der Waals surface area contributed by atoms with Gasteiger partial charge >= 0.3 is 5.97 Å². The van der Waals surface area contributed by atoms with Crippen molar-refractivity contribution in [3.8, 4) is 0 Å². The van der Waals surface area contributed by atoms with E-state index < -0.39 is 16.5 Å². The number of hydrogen-bond acceptors (Lipinski definition) is 6. The van der Waals surface area contributed by atoms with Gasteiger partial charge in [-0.15, -0.1) is 0 Å². The first-order valence-electron chi connectivity index (χ1n) is 6.96. The highest BCUT2D eigenvalue weighted by atomic mass is 16.6. The fraction of sp³-hybridized carbons (Fsp3) is 0.400. The molecule has 0 aliphatic carbocycles. The molecule has 0 radical (unpaired) electrons. The SMILES string of the molecule is CC(=O)c1nn(CC(=O)OC(C)(C)C)c2ccc([N+](=O)[O-])cc12. The quantitative estimate of drug-likeness (QED) is 0.371. The number of aromatic nitrogens is 2. The van der Waals surface area contributed by atoms with Gasteiger partial charge in [0.15, 0.2) is 5.78 Å². The van der Waals surface area contributed by atoms with Crippen molar-refractivity contribution in [2.45, 2.75) is 39.8 Å². The normalized spacial score (nSPS) is 11.5. The van der Waals surface area contributed by atoms with Crippen LogP contribution in [0.2, 0.25) is 0 Å². The molecular formula is C15H17N3O5. The standard InChI is InChI=1S/C15H17N3O5/c1-9(19)14-11-7-10(18(21)22)5-6-12(11)17(16-14)8-13(20)23-15(2,3)4/h5-7H,8H2,1-4H3. The minimum absolute atomic E-state index is 0.0901. The van der Waals surface area contributed by atoms with Crippen molar-refractivity contribution in [2.24, 2.45) is 0 Å². The predicted molar refractivity (Wildman–Crippen MR) is 82.2 cm³/mol. The van der Waals surface area contributed by atoms with Gasteiger partial charge in [0.05, 0.1) is 10.4 Å². The number of hydrogen-bond donors (Lipinski definition) is 0. The van der Waals surface area contributed by atoms with Crippen LogP contribution in [-0.4, -0.2) is 32.1 Å². The maximum atomic E-state index is 11.9. The number of Topliss-reactive ketones (excluding diaryl/α,β-unsaturated/α-hetero) is 1. The molecule has 0 bridgehead atoms. The van der Waals surface area contributed by atoms with E-state index in [2.05, 4.69) is 5.10 Å². The number of carbonyl (C=O) groups excluding carboxylic acids is 2. The summed E-state index contributed by atoms with van der Waals surface area (Å²) in [4.78, 5) is 34.0. The molecule has 0 aliphatic rings. The van der Waals surface area contributed by atoms with Crippen molar-refractivity contribution >= 4 is 28.3 Å². The molecule has 0 atom stereocenters. The summed E-state index contributed by atoms with van der Waals surface area (Å²) in [6, 6.07) is 4.06. The zero-order valence-corrected chi connectivity index (χ0v) is 13.3. The highest BCUT2D eigenvalue weighted by molar-refractivity contribution is 6.05. The number of carbonyl (C=O) groups is 2. The van der Waals surface area contributed by atoms with Crippen LogP contribution >= 0.6 is 0 Å². The van der Waals surface area contributed by atoms with E-state index in [0.29, 0.717) is 10.9 Å². The van der Waals surface area contributed by atoms with Crippen LogP contribution in [0.3, 0.4) is 0 Å². The van der Waals surface area contributed by atoms with E-state index >= 15 is 0 Å². The third kappa shape index (κ3) is 3.71. The Labute approximate surface area is 132 Å². The number of fused-ring (bicyclic) bond motifs is 1. The molecule has 23 heavy (non-hydrogen) atoms. The second kappa shape index (κ2) is 5.79. The Balaban J connectivity index is 2.47. The van der Waals surface area contributed by atoms with Crippen molar-refractivity contribution < 1.29 is 19.2 Å². The summed E-state index contributed by atoms with van der Waals surface area (Å²) in [6.07, 6.45) is 0. The number of esters is 1. The van der Waals surface area contributed by atoms with E-state index in [4.69, 9.17) is 4.74 Å². The minimum Gasteiger partial charge on any atom is -0.459 e. The molecule has 8 nitrogen and oxygen atoms in total. The highest BCUT2D eigenvalue weighted by Gasteiger charge is 2.21. The molecule has 0 fully saturated rings. The minimum atomic E-state index is -0.637. The molecular weight excluding hydrogens is 302 g/mol. The van der Waals surface area contributed by atoms with Gasteiger partial charge in [0.1, 0.15) is 17.8 Å². The van der Waals surface area contributed by atoms with Gasteiger partial charge in [-0.05, 0) is 26.8 Å². The number of ether oxygens (including phenoxy) is 1. The monoisotopic (exact) mass is 319 g/mol. The predicted octanol–water partition coefficient (Wildman–Crippen LogP) is 2.49. The zero-order valence-electron chi connectivity index (χ0n) is 13.3. The lowest BCUT2D eigenvalue weighted by Crippen LogP contribution is -2.26. The summed E-state index contributed by atoms with van der Waals surface area (Å²) in [7, 11) is 0. The first-order chi connectivity index (χ1) is 10.6. The molecule has 0 N–H and O–H groups in total. The van der Waals surface area contributed by atoms with Crippen molar-refractivity contribution in [1.82, 2.24) is 9.78 Å². The average molecular weight is 319 g/mol. The first kappa shape index (κ1) is 16.6. The Bertz CT molecular complexity index is 801. The summed E-state index contributed by atoms with van der Waals surface area (Å²) in [5, 5.41) is 15.3. The summed E-state index contributed by atoms with van der Waals surface area (Å²) in [6.45, 7) is 6.38. The first-order valence-corrected chi connectivity index (χ1v) is 6.96. The van der Waals surface area contributed by atoms with Crippen LogP contribution < -0.4 is 0 Å². The smallest absolute Gasteiger partial charge is 0.328 e. The van der Waals surface area contributed by atoms with Crippen LogP contribution in [0.5, 0.6) is 0 Å². The van der Waals surface area contributed by atoms with Crippen LogP contribution in [0.1, 0.15) is 38.2 Å². The number of non-ortho nitro benzene ring substituents is 1. The lowest BCUT2D eigenvalue weighted by atomic mass is 10.1. The second-order valence-electron chi connectivity index (χ2n) is 6.11. The molecule has 2 aromatic rings. The number of benzene rings is 1. The van der Waals surface area contributed by atoms with Crippen molar-refractivity contribution in [3.63, 3.8) is 0 Å². The number of nitro benzene ring substituents is 1. The third-order valence-corrected chi connectivity index (χ3v) is 2.98. The third-order valence-electron chi connectivity index (χ3n) is 2.98. The van der Waals surface area contributed by atoms with E-state index in [9.17, 15) is 19.7 Å². The Morgan fingerprint density at radius 2 is 2.00 bits per heavy atom. The molecule has 0 spiro atoms. The van der Waals surface area contributed by atoms with Gasteiger partial charge in [0.2, 0.25) is 0 Å². The van der Waals surface area contributed by atoms with Crippen LogP contribution in [0.4, 0.5) is 5.69 Å². The van der Waals surface area contributed by atoms with Crippen molar-refractivity contribution in [3.05, 3.63) is 34.0 Å². The Morgan fingerprint density at radius 3 is 2.52 bits per heavy atom. The highest BCUT2D eigenvalue weighted by Crippen LogP contribution is 2.24. The van der Waals surface area contributed by atoms with Crippen LogP contribution in [0, 0.1) is 10.1 Å². The molecule has 122 valence electrons. The van der Waals surface area contributed by atoms with Crippen molar-refractivity contribution in [1.29, 1.82) is 0 Å². The van der Waals surface area contributed by atoms with Gasteiger partial charge in [-0.3, -0.25) is 24.4 Å². The van der Waals surface area contributed by atoms with E-state index in [1.54, 1.807) is 20.8 Å². The number of nitro groups is 1. The maximum absolute atomic E-state index is 11.9. The van der Waals surface area contributed by atoms with E-state index in [1.807, 2.05) is 0 Å². The van der Waals surface area contributed by atoms with Crippen molar-refractivity contribution in [2.75, 3.05) is 0 Å². The molecule has 1 heterocycles. The van der Waals surface area contributed by atoms with E-state index in [1.165, 1.54) is 29.8 Å². The Hall–Kier alpha value is -2.77. The Morgan fingerprint density at radius 1 is 1.35 bits per heavy atom. The average Bonchev–Trinajstić information content (AvgIpc) is 2.74. The largest absolute Gasteiger partial charge is 0.459 e. The fourth-order valence-electron chi connectivity index (χ4n) is 2.16. The second-order valence-corrected chi connectivity index (χ2v) is 6.11. The maximum Gasteiger partial charge on any atom is 0.328 e. The molecule has 1 aromatic heterocycles. The number of rotatable bonds is 4.